The molecule has 1 aromatic carbocycles. The second-order valence-electron chi connectivity index (χ2n) is 4.07. The van der Waals surface area contributed by atoms with E-state index in [1.165, 1.54) is 16.8 Å². The van der Waals surface area contributed by atoms with Crippen LogP contribution >= 0.6 is 0 Å². The van der Waals surface area contributed by atoms with Crippen LogP contribution in [0.15, 0.2) is 6.07 Å². The molecule has 0 radical (unpaired) electrons. The van der Waals surface area contributed by atoms with Crippen molar-refractivity contribution in [3.8, 4) is 11.5 Å². The fraction of sp³-hybridized carbons (Fsp3) is 0.500. The van der Waals surface area contributed by atoms with Crippen molar-refractivity contribution in [2.75, 3.05) is 32.2 Å². The van der Waals surface area contributed by atoms with Gasteiger partial charge in [0, 0.05) is 30.3 Å². The molecule has 0 aromatic heterocycles. The standard InChI is InChI=1S/C12H15NO2/c1-14-10-7-11(15-2)9-4-6-13-5-3-8(10)12(9)13/h7H,3-6H2,1-2H3. The normalized spacial score (nSPS) is 16.8. The summed E-state index contributed by atoms with van der Waals surface area (Å²) in [5, 5.41) is 0. The van der Waals surface area contributed by atoms with Gasteiger partial charge >= 0.3 is 0 Å². The minimum absolute atomic E-state index is 0.981. The van der Waals surface area contributed by atoms with Gasteiger partial charge in [-0.15, -0.1) is 0 Å². The van der Waals surface area contributed by atoms with Gasteiger partial charge in [-0.2, -0.15) is 0 Å². The van der Waals surface area contributed by atoms with E-state index >= 15 is 0 Å². The van der Waals surface area contributed by atoms with Crippen LogP contribution in [0.25, 0.3) is 0 Å². The van der Waals surface area contributed by atoms with E-state index in [-0.39, 0.29) is 0 Å². The summed E-state index contributed by atoms with van der Waals surface area (Å²) in [5.74, 6) is 1.96. The molecule has 0 spiro atoms. The second-order valence-corrected chi connectivity index (χ2v) is 4.07. The number of nitrogens with zero attached hydrogens (tertiary/aromatic N) is 1. The van der Waals surface area contributed by atoms with E-state index in [1.807, 2.05) is 6.07 Å². The maximum absolute atomic E-state index is 5.42. The quantitative estimate of drug-likeness (QED) is 0.732. The second kappa shape index (κ2) is 3.05. The molecule has 0 saturated heterocycles. The van der Waals surface area contributed by atoms with Gasteiger partial charge in [0.2, 0.25) is 0 Å². The van der Waals surface area contributed by atoms with Crippen molar-refractivity contribution in [1.29, 1.82) is 0 Å². The Balaban J connectivity index is 2.25. The zero-order valence-corrected chi connectivity index (χ0v) is 9.17. The Labute approximate surface area is 89.6 Å². The van der Waals surface area contributed by atoms with Crippen molar-refractivity contribution in [1.82, 2.24) is 0 Å². The Morgan fingerprint density at radius 3 is 2.00 bits per heavy atom. The van der Waals surface area contributed by atoms with Gasteiger partial charge < -0.3 is 14.4 Å². The summed E-state index contributed by atoms with van der Waals surface area (Å²) >= 11 is 0. The lowest BCUT2D eigenvalue weighted by atomic mass is 10.0. The molecule has 80 valence electrons. The van der Waals surface area contributed by atoms with Crippen LogP contribution in [-0.2, 0) is 12.8 Å². The Bertz CT molecular complexity index is 380. The van der Waals surface area contributed by atoms with Crippen molar-refractivity contribution < 1.29 is 9.47 Å². The SMILES string of the molecule is COc1cc(OC)c2c3c1CCN3CC2. The molecule has 0 aliphatic carbocycles. The Morgan fingerprint density at radius 2 is 1.53 bits per heavy atom. The molecule has 3 heteroatoms. The zero-order valence-electron chi connectivity index (χ0n) is 9.17. The monoisotopic (exact) mass is 205 g/mol. The van der Waals surface area contributed by atoms with Gasteiger partial charge in [0.25, 0.3) is 0 Å². The summed E-state index contributed by atoms with van der Waals surface area (Å²) in [7, 11) is 3.46. The summed E-state index contributed by atoms with van der Waals surface area (Å²) < 4.78 is 10.8. The van der Waals surface area contributed by atoms with Crippen molar-refractivity contribution in [3.63, 3.8) is 0 Å². The third-order valence-corrected chi connectivity index (χ3v) is 3.45. The Kier molecular flexibility index (Phi) is 1.81. The number of hydrogen-bond acceptors (Lipinski definition) is 3. The molecule has 2 heterocycles. The molecule has 15 heavy (non-hydrogen) atoms. The number of methoxy groups -OCH3 is 2. The molecule has 0 bridgehead atoms. The van der Waals surface area contributed by atoms with Gasteiger partial charge in [0.1, 0.15) is 11.5 Å². The van der Waals surface area contributed by atoms with Crippen molar-refractivity contribution in [2.24, 2.45) is 0 Å². The average molecular weight is 205 g/mol. The fourth-order valence-electron chi connectivity index (χ4n) is 2.77. The van der Waals surface area contributed by atoms with Crippen LogP contribution in [0.4, 0.5) is 5.69 Å². The molecule has 1 aromatic rings. The predicted molar refractivity (Wildman–Crippen MR) is 59.2 cm³/mol. The van der Waals surface area contributed by atoms with Crippen LogP contribution in [0, 0.1) is 0 Å². The molecular formula is C12H15NO2. The molecular weight excluding hydrogens is 190 g/mol. The van der Waals surface area contributed by atoms with E-state index in [9.17, 15) is 0 Å². The van der Waals surface area contributed by atoms with E-state index in [1.54, 1.807) is 14.2 Å². The lowest BCUT2D eigenvalue weighted by molar-refractivity contribution is 0.390. The summed E-state index contributed by atoms with van der Waals surface area (Å²) in [4.78, 5) is 2.44. The maximum Gasteiger partial charge on any atom is 0.127 e. The number of benzene rings is 1. The molecule has 0 atom stereocenters. The van der Waals surface area contributed by atoms with E-state index < -0.39 is 0 Å². The number of anilines is 1. The van der Waals surface area contributed by atoms with Crippen molar-refractivity contribution in [2.45, 2.75) is 12.8 Å². The summed E-state index contributed by atoms with van der Waals surface area (Å²) in [6, 6.07) is 2.03. The molecule has 3 nitrogen and oxygen atoms in total. The zero-order chi connectivity index (χ0) is 10.4. The average Bonchev–Trinajstić information content (AvgIpc) is 2.86. The first-order valence-corrected chi connectivity index (χ1v) is 5.37. The topological polar surface area (TPSA) is 21.7 Å². The predicted octanol–water partition coefficient (Wildman–Crippen LogP) is 1.62. The summed E-state index contributed by atoms with van der Waals surface area (Å²) in [6.45, 7) is 2.26. The van der Waals surface area contributed by atoms with Gasteiger partial charge in [-0.25, -0.2) is 0 Å². The van der Waals surface area contributed by atoms with Gasteiger partial charge in [-0.1, -0.05) is 0 Å². The molecule has 0 fully saturated rings. The molecule has 0 amide bonds. The highest BCUT2D eigenvalue weighted by Gasteiger charge is 2.32. The third kappa shape index (κ3) is 1.06. The highest BCUT2D eigenvalue weighted by molar-refractivity contribution is 5.74. The maximum atomic E-state index is 5.42. The molecule has 0 saturated carbocycles. The van der Waals surface area contributed by atoms with Crippen LogP contribution in [0.5, 0.6) is 11.5 Å². The Hall–Kier alpha value is -1.38. The number of rotatable bonds is 2. The first-order chi connectivity index (χ1) is 7.35. The molecule has 2 aliphatic rings. The first-order valence-electron chi connectivity index (χ1n) is 5.37. The molecule has 2 aliphatic heterocycles. The van der Waals surface area contributed by atoms with Crippen LogP contribution in [0.1, 0.15) is 11.1 Å². The van der Waals surface area contributed by atoms with Gasteiger partial charge in [-0.3, -0.25) is 0 Å². The summed E-state index contributed by atoms with van der Waals surface area (Å²) in [6.07, 6.45) is 2.21. The van der Waals surface area contributed by atoms with E-state index in [4.69, 9.17) is 9.47 Å². The van der Waals surface area contributed by atoms with Crippen LogP contribution < -0.4 is 14.4 Å². The minimum Gasteiger partial charge on any atom is -0.496 e. The van der Waals surface area contributed by atoms with Gasteiger partial charge in [0.05, 0.1) is 19.9 Å². The smallest absolute Gasteiger partial charge is 0.127 e. The highest BCUT2D eigenvalue weighted by atomic mass is 16.5. The lowest BCUT2D eigenvalue weighted by Gasteiger charge is -2.14. The van der Waals surface area contributed by atoms with Crippen molar-refractivity contribution >= 4 is 5.69 Å². The molecule has 0 N–H and O–H groups in total. The molecule has 0 unspecified atom stereocenters. The highest BCUT2D eigenvalue weighted by Crippen LogP contribution is 2.46. The Morgan fingerprint density at radius 1 is 1.00 bits per heavy atom. The third-order valence-electron chi connectivity index (χ3n) is 3.45. The summed E-state index contributed by atoms with van der Waals surface area (Å²) in [5.41, 5.74) is 4.11. The van der Waals surface area contributed by atoms with Crippen molar-refractivity contribution in [3.05, 3.63) is 17.2 Å². The van der Waals surface area contributed by atoms with Crippen LogP contribution in [0.3, 0.4) is 0 Å². The lowest BCUT2D eigenvalue weighted by Crippen LogP contribution is -2.17. The fourth-order valence-corrected chi connectivity index (χ4v) is 2.77. The van der Waals surface area contributed by atoms with E-state index in [2.05, 4.69) is 4.90 Å². The number of ether oxygens (including phenoxy) is 2. The van der Waals surface area contributed by atoms with Gasteiger partial charge in [0.15, 0.2) is 0 Å². The van der Waals surface area contributed by atoms with Gasteiger partial charge in [-0.05, 0) is 12.8 Å². The molecule has 3 rings (SSSR count). The number of hydrogen-bond donors (Lipinski definition) is 0. The largest absolute Gasteiger partial charge is 0.496 e. The van der Waals surface area contributed by atoms with E-state index in [0.29, 0.717) is 0 Å². The van der Waals surface area contributed by atoms with Crippen LogP contribution in [0.2, 0.25) is 0 Å². The minimum atomic E-state index is 0.981. The van der Waals surface area contributed by atoms with E-state index in [0.717, 1.165) is 37.4 Å². The first kappa shape index (κ1) is 8.89. The van der Waals surface area contributed by atoms with Crippen LogP contribution in [-0.4, -0.2) is 27.3 Å².